The van der Waals surface area contributed by atoms with Crippen molar-refractivity contribution in [1.82, 2.24) is 0 Å². The van der Waals surface area contributed by atoms with Gasteiger partial charge in [0, 0.05) is 21.2 Å². The molecule has 0 amide bonds. The number of hydrogen-bond donors (Lipinski definition) is 1. The number of benzene rings is 3. The van der Waals surface area contributed by atoms with Gasteiger partial charge in [0.2, 0.25) is 5.88 Å². The van der Waals surface area contributed by atoms with Gasteiger partial charge in [0.05, 0.1) is 22.6 Å². The van der Waals surface area contributed by atoms with Gasteiger partial charge in [-0.15, -0.1) is 0 Å². The summed E-state index contributed by atoms with van der Waals surface area (Å²) >= 11 is 7.10. The van der Waals surface area contributed by atoms with Gasteiger partial charge in [0.1, 0.15) is 23.2 Å². The van der Waals surface area contributed by atoms with E-state index < -0.39 is 5.92 Å². The molecule has 0 aromatic heterocycles. The Morgan fingerprint density at radius 2 is 1.74 bits per heavy atom. The molecular formula is C27H20Br2N2O3. The average Bonchev–Trinajstić information content (AvgIpc) is 2.85. The van der Waals surface area contributed by atoms with E-state index in [1.807, 2.05) is 55.5 Å². The average molecular weight is 580 g/mol. The number of rotatable bonds is 6. The maximum atomic E-state index is 14.0. The Bertz CT molecular complexity index is 1340. The normalized spacial score (nSPS) is 15.5. The molecule has 1 heterocycles. The second kappa shape index (κ2) is 10.3. The van der Waals surface area contributed by atoms with Crippen molar-refractivity contribution in [3.8, 4) is 11.8 Å². The second-order valence-corrected chi connectivity index (χ2v) is 9.24. The molecule has 2 N–H and O–H groups in total. The fraction of sp³-hybridized carbons (Fsp3) is 0.111. The van der Waals surface area contributed by atoms with Crippen molar-refractivity contribution < 1.29 is 14.3 Å². The lowest BCUT2D eigenvalue weighted by atomic mass is 9.78. The van der Waals surface area contributed by atoms with Crippen molar-refractivity contribution in [3.05, 3.63) is 115 Å². The third-order valence-corrected chi connectivity index (χ3v) is 6.42. The molecule has 3 aromatic carbocycles. The molecule has 0 saturated carbocycles. The molecule has 0 unspecified atom stereocenters. The van der Waals surface area contributed by atoms with Crippen LogP contribution in [0.25, 0.3) is 5.76 Å². The third kappa shape index (κ3) is 4.52. The number of ketones is 1. The lowest BCUT2D eigenvalue weighted by Gasteiger charge is -2.30. The number of nitrogens with two attached hydrogens (primary N) is 1. The number of nitrogens with zero attached hydrogens (tertiary/aromatic N) is 1. The predicted octanol–water partition coefficient (Wildman–Crippen LogP) is 6.71. The Morgan fingerprint density at radius 3 is 2.35 bits per heavy atom. The first-order valence-electron chi connectivity index (χ1n) is 10.5. The van der Waals surface area contributed by atoms with Crippen LogP contribution < -0.4 is 10.5 Å². The standard InChI is InChI=1S/C27H20Br2N2O3/c1-2-33-26-19(13-18(28)14-21(26)29)22-20(15-30)27(31)34-25(17-11-7-4-8-12-17)23(22)24(32)16-9-5-3-6-10-16/h3-14,22H,2,31H2,1H3/t22-/m1/s1. The van der Waals surface area contributed by atoms with Crippen molar-refractivity contribution in [2.24, 2.45) is 5.73 Å². The first-order chi connectivity index (χ1) is 16.5. The van der Waals surface area contributed by atoms with Crippen LogP contribution in [0.2, 0.25) is 0 Å². The Morgan fingerprint density at radius 1 is 1.09 bits per heavy atom. The molecule has 0 radical (unpaired) electrons. The van der Waals surface area contributed by atoms with Crippen LogP contribution >= 0.6 is 31.9 Å². The van der Waals surface area contributed by atoms with Gasteiger partial charge in [-0.25, -0.2) is 0 Å². The zero-order valence-corrected chi connectivity index (χ0v) is 21.4. The van der Waals surface area contributed by atoms with E-state index in [1.165, 1.54) is 0 Å². The van der Waals surface area contributed by atoms with Gasteiger partial charge >= 0.3 is 0 Å². The number of hydrogen-bond acceptors (Lipinski definition) is 5. The maximum absolute atomic E-state index is 14.0. The summed E-state index contributed by atoms with van der Waals surface area (Å²) in [5.41, 5.74) is 8.51. The Balaban J connectivity index is 2.08. The number of halogens is 2. The SMILES string of the molecule is CCOc1c(Br)cc(Br)cc1[C@@H]1C(C#N)=C(N)OC(c2ccccc2)=C1C(=O)c1ccccc1. The van der Waals surface area contributed by atoms with Gasteiger partial charge in [0.25, 0.3) is 0 Å². The van der Waals surface area contributed by atoms with Crippen LogP contribution in [0.15, 0.2) is 98.8 Å². The van der Waals surface area contributed by atoms with Crippen molar-refractivity contribution >= 4 is 43.4 Å². The number of ether oxygens (including phenoxy) is 2. The van der Waals surface area contributed by atoms with Crippen molar-refractivity contribution in [1.29, 1.82) is 5.26 Å². The Hall–Kier alpha value is -3.34. The molecule has 1 aliphatic heterocycles. The van der Waals surface area contributed by atoms with Gasteiger partial charge in [-0.05, 0) is 35.0 Å². The second-order valence-electron chi connectivity index (χ2n) is 7.47. The minimum atomic E-state index is -0.808. The summed E-state index contributed by atoms with van der Waals surface area (Å²) in [6, 6.07) is 24.1. The number of Topliss-reactive ketones (excluding diaryl/α,β-unsaturated/α-hetero) is 1. The Kier molecular flexibility index (Phi) is 7.20. The monoisotopic (exact) mass is 578 g/mol. The number of nitriles is 1. The van der Waals surface area contributed by atoms with Crippen LogP contribution in [0, 0.1) is 11.3 Å². The summed E-state index contributed by atoms with van der Waals surface area (Å²) in [7, 11) is 0. The lowest BCUT2D eigenvalue weighted by Crippen LogP contribution is -2.25. The van der Waals surface area contributed by atoms with Crippen LogP contribution in [0.1, 0.15) is 34.3 Å². The molecule has 0 saturated heterocycles. The molecule has 0 aliphatic carbocycles. The fourth-order valence-corrected chi connectivity index (χ4v) is 5.32. The van der Waals surface area contributed by atoms with Gasteiger partial charge in [-0.3, -0.25) is 4.79 Å². The fourth-order valence-electron chi connectivity index (χ4n) is 3.94. The molecule has 0 bridgehead atoms. The quantitative estimate of drug-likeness (QED) is 0.328. The molecule has 0 spiro atoms. The van der Waals surface area contributed by atoms with Crippen LogP contribution in [-0.4, -0.2) is 12.4 Å². The maximum Gasteiger partial charge on any atom is 0.205 e. The molecule has 1 aliphatic rings. The van der Waals surface area contributed by atoms with E-state index >= 15 is 0 Å². The van der Waals surface area contributed by atoms with E-state index in [0.717, 1.165) is 4.47 Å². The number of carbonyl (C=O) groups excluding carboxylic acids is 1. The highest BCUT2D eigenvalue weighted by atomic mass is 79.9. The van der Waals surface area contributed by atoms with E-state index in [1.54, 1.807) is 24.3 Å². The van der Waals surface area contributed by atoms with Crippen LogP contribution in [0.3, 0.4) is 0 Å². The largest absolute Gasteiger partial charge is 0.492 e. The minimum Gasteiger partial charge on any atom is -0.492 e. The highest BCUT2D eigenvalue weighted by Gasteiger charge is 2.39. The van der Waals surface area contributed by atoms with Gasteiger partial charge < -0.3 is 15.2 Å². The minimum absolute atomic E-state index is 0.0467. The summed E-state index contributed by atoms with van der Waals surface area (Å²) in [5, 5.41) is 10.1. The zero-order chi connectivity index (χ0) is 24.2. The van der Waals surface area contributed by atoms with Gasteiger partial charge in [-0.2, -0.15) is 5.26 Å². The molecule has 3 aromatic rings. The summed E-state index contributed by atoms with van der Waals surface area (Å²) in [5.74, 6) is -0.270. The molecule has 7 heteroatoms. The van der Waals surface area contributed by atoms with E-state index in [9.17, 15) is 10.1 Å². The molecular weight excluding hydrogens is 560 g/mol. The van der Waals surface area contributed by atoms with Gasteiger partial charge in [0.15, 0.2) is 5.78 Å². The van der Waals surface area contributed by atoms with Crippen LogP contribution in [0.4, 0.5) is 0 Å². The predicted molar refractivity (Wildman–Crippen MR) is 138 cm³/mol. The van der Waals surface area contributed by atoms with Crippen molar-refractivity contribution in [3.63, 3.8) is 0 Å². The first-order valence-corrected chi connectivity index (χ1v) is 12.1. The summed E-state index contributed by atoms with van der Waals surface area (Å²) in [4.78, 5) is 14.0. The first kappa shape index (κ1) is 23.8. The molecule has 5 nitrogen and oxygen atoms in total. The van der Waals surface area contributed by atoms with E-state index in [-0.39, 0.29) is 17.2 Å². The lowest BCUT2D eigenvalue weighted by molar-refractivity contribution is 0.102. The highest BCUT2D eigenvalue weighted by molar-refractivity contribution is 9.11. The number of carbonyl (C=O) groups is 1. The molecule has 1 atom stereocenters. The van der Waals surface area contributed by atoms with Crippen molar-refractivity contribution in [2.45, 2.75) is 12.8 Å². The summed E-state index contributed by atoms with van der Waals surface area (Å²) in [6.07, 6.45) is 0. The van der Waals surface area contributed by atoms with E-state index in [2.05, 4.69) is 37.9 Å². The summed E-state index contributed by atoms with van der Waals surface area (Å²) in [6.45, 7) is 2.27. The molecule has 34 heavy (non-hydrogen) atoms. The highest BCUT2D eigenvalue weighted by Crippen LogP contribution is 2.48. The summed E-state index contributed by atoms with van der Waals surface area (Å²) < 4.78 is 13.4. The molecule has 170 valence electrons. The van der Waals surface area contributed by atoms with E-state index in [4.69, 9.17) is 15.2 Å². The van der Waals surface area contributed by atoms with Crippen LogP contribution in [-0.2, 0) is 4.74 Å². The zero-order valence-electron chi connectivity index (χ0n) is 18.2. The smallest absolute Gasteiger partial charge is 0.205 e. The topological polar surface area (TPSA) is 85.3 Å². The van der Waals surface area contributed by atoms with Gasteiger partial charge in [-0.1, -0.05) is 76.6 Å². The Labute approximate surface area is 214 Å². The van der Waals surface area contributed by atoms with E-state index in [0.29, 0.717) is 44.9 Å². The van der Waals surface area contributed by atoms with Crippen LogP contribution in [0.5, 0.6) is 5.75 Å². The third-order valence-electron chi connectivity index (χ3n) is 5.37. The molecule has 0 fully saturated rings. The number of allylic oxidation sites excluding steroid dienone is 2. The molecule has 4 rings (SSSR count). The van der Waals surface area contributed by atoms with Crippen molar-refractivity contribution in [2.75, 3.05) is 6.61 Å².